The van der Waals surface area contributed by atoms with Gasteiger partial charge < -0.3 is 24.8 Å². The number of hydrogen-bond donors (Lipinski definition) is 2. The minimum atomic E-state index is -0.531. The van der Waals surface area contributed by atoms with Crippen molar-refractivity contribution in [2.24, 2.45) is 0 Å². The highest BCUT2D eigenvalue weighted by Crippen LogP contribution is 2.25. The molecule has 0 aliphatic rings. The summed E-state index contributed by atoms with van der Waals surface area (Å²) in [5.41, 5.74) is 2.33. The van der Waals surface area contributed by atoms with Gasteiger partial charge in [-0.1, -0.05) is 17.7 Å². The highest BCUT2D eigenvalue weighted by atomic mass is 16.5. The van der Waals surface area contributed by atoms with Gasteiger partial charge in [0.1, 0.15) is 17.2 Å². The maximum absolute atomic E-state index is 12.2. The summed E-state index contributed by atoms with van der Waals surface area (Å²) < 4.78 is 15.8. The zero-order valence-corrected chi connectivity index (χ0v) is 19.7. The normalized spacial score (nSPS) is 10.2. The van der Waals surface area contributed by atoms with Gasteiger partial charge in [-0.15, -0.1) is 0 Å². The van der Waals surface area contributed by atoms with Crippen molar-refractivity contribution in [1.82, 2.24) is 0 Å². The molecule has 0 aliphatic carbocycles. The minimum Gasteiger partial charge on any atom is -0.497 e. The molecule has 0 aromatic heterocycles. The van der Waals surface area contributed by atoms with Crippen LogP contribution in [0.2, 0.25) is 0 Å². The van der Waals surface area contributed by atoms with E-state index >= 15 is 0 Å². The molecule has 0 aliphatic heterocycles. The van der Waals surface area contributed by atoms with E-state index in [0.29, 0.717) is 29.3 Å². The van der Waals surface area contributed by atoms with Crippen molar-refractivity contribution in [2.45, 2.75) is 26.2 Å². The van der Waals surface area contributed by atoms with Crippen LogP contribution in [0.5, 0.6) is 17.2 Å². The van der Waals surface area contributed by atoms with Gasteiger partial charge in [-0.05, 0) is 74.0 Å². The van der Waals surface area contributed by atoms with Crippen LogP contribution in [0, 0.1) is 6.92 Å². The average Bonchev–Trinajstić information content (AvgIpc) is 2.86. The molecular weight excluding hydrogens is 448 g/mol. The molecule has 8 nitrogen and oxygen atoms in total. The van der Waals surface area contributed by atoms with Crippen molar-refractivity contribution in [3.8, 4) is 17.2 Å². The van der Waals surface area contributed by atoms with Gasteiger partial charge in [0.25, 0.3) is 5.91 Å². The number of carbonyl (C=O) groups excluding carboxylic acids is 3. The van der Waals surface area contributed by atoms with Crippen LogP contribution in [0.3, 0.4) is 0 Å². The fourth-order valence-electron chi connectivity index (χ4n) is 3.06. The van der Waals surface area contributed by atoms with Crippen molar-refractivity contribution >= 4 is 29.2 Å². The lowest BCUT2D eigenvalue weighted by Gasteiger charge is -2.09. The van der Waals surface area contributed by atoms with E-state index in [1.807, 2.05) is 19.1 Å². The minimum absolute atomic E-state index is 0.0415. The second-order valence-corrected chi connectivity index (χ2v) is 7.78. The summed E-state index contributed by atoms with van der Waals surface area (Å²) in [6, 6.07) is 21.5. The zero-order chi connectivity index (χ0) is 25.0. The van der Waals surface area contributed by atoms with Gasteiger partial charge in [0, 0.05) is 24.2 Å². The van der Waals surface area contributed by atoms with Gasteiger partial charge in [0.15, 0.2) is 6.61 Å². The quantitative estimate of drug-likeness (QED) is 0.374. The summed E-state index contributed by atoms with van der Waals surface area (Å²) in [7, 11) is 1.60. The van der Waals surface area contributed by atoms with Crippen LogP contribution in [-0.2, 0) is 19.1 Å². The van der Waals surface area contributed by atoms with Crippen molar-refractivity contribution in [2.75, 3.05) is 24.4 Å². The first-order chi connectivity index (χ1) is 16.9. The van der Waals surface area contributed by atoms with Gasteiger partial charge >= 0.3 is 5.97 Å². The maximum Gasteiger partial charge on any atom is 0.306 e. The predicted octanol–water partition coefficient (Wildman–Crippen LogP) is 5.09. The van der Waals surface area contributed by atoms with E-state index in [2.05, 4.69) is 10.6 Å². The molecule has 0 radical (unpaired) electrons. The van der Waals surface area contributed by atoms with E-state index in [-0.39, 0.29) is 25.4 Å². The molecule has 8 heteroatoms. The van der Waals surface area contributed by atoms with E-state index in [4.69, 9.17) is 14.2 Å². The van der Waals surface area contributed by atoms with Crippen LogP contribution >= 0.6 is 0 Å². The largest absolute Gasteiger partial charge is 0.497 e. The Balaban J connectivity index is 1.32. The number of hydrogen-bond acceptors (Lipinski definition) is 6. The third-order valence-corrected chi connectivity index (χ3v) is 4.92. The van der Waals surface area contributed by atoms with E-state index < -0.39 is 11.9 Å². The Labute approximate surface area is 204 Å². The number of aryl methyl sites for hydroxylation is 1. The average molecular weight is 477 g/mol. The number of esters is 1. The molecule has 3 aromatic carbocycles. The number of benzene rings is 3. The number of ether oxygens (including phenoxy) is 3. The van der Waals surface area contributed by atoms with Crippen LogP contribution in [-0.4, -0.2) is 31.5 Å². The van der Waals surface area contributed by atoms with Crippen LogP contribution in [0.15, 0.2) is 72.8 Å². The zero-order valence-electron chi connectivity index (χ0n) is 19.7. The molecule has 2 amide bonds. The molecule has 0 fully saturated rings. The molecule has 0 spiro atoms. The summed E-state index contributed by atoms with van der Waals surface area (Å²) in [4.78, 5) is 35.9. The molecule has 0 bridgehead atoms. The molecule has 2 N–H and O–H groups in total. The standard InChI is InChI=1S/C27H28N2O6/c1-19-6-8-20(9-7-19)29-26(31)18-34-27(32)5-3-4-25(30)28-21-10-12-23(13-11-21)35-24-16-14-22(33-2)15-17-24/h6-17H,3-5,18H2,1-2H3,(H,28,30)(H,29,31). The van der Waals surface area contributed by atoms with Gasteiger partial charge in [-0.3, -0.25) is 14.4 Å². The van der Waals surface area contributed by atoms with E-state index in [1.165, 1.54) is 0 Å². The molecule has 3 aromatic rings. The van der Waals surface area contributed by atoms with Crippen molar-refractivity contribution < 1.29 is 28.6 Å². The Kier molecular flexibility index (Phi) is 9.24. The second-order valence-electron chi connectivity index (χ2n) is 7.78. The van der Waals surface area contributed by atoms with Crippen LogP contribution in [0.25, 0.3) is 0 Å². The molecule has 35 heavy (non-hydrogen) atoms. The highest BCUT2D eigenvalue weighted by molar-refractivity contribution is 5.93. The monoisotopic (exact) mass is 476 g/mol. The number of anilines is 2. The fraction of sp³-hybridized carbons (Fsp3) is 0.222. The lowest BCUT2D eigenvalue weighted by atomic mass is 10.2. The summed E-state index contributed by atoms with van der Waals surface area (Å²) >= 11 is 0. The molecule has 0 atom stereocenters. The van der Waals surface area contributed by atoms with Gasteiger partial charge in [-0.2, -0.15) is 0 Å². The van der Waals surface area contributed by atoms with Gasteiger partial charge in [-0.25, -0.2) is 0 Å². The molecule has 0 heterocycles. The summed E-state index contributed by atoms with van der Waals surface area (Å²) in [6.45, 7) is 1.58. The van der Waals surface area contributed by atoms with E-state index in [9.17, 15) is 14.4 Å². The molecule has 0 saturated heterocycles. The number of carbonyl (C=O) groups is 3. The molecule has 3 rings (SSSR count). The van der Waals surface area contributed by atoms with Crippen molar-refractivity contribution in [3.05, 3.63) is 78.4 Å². The van der Waals surface area contributed by atoms with Crippen molar-refractivity contribution in [3.63, 3.8) is 0 Å². The smallest absolute Gasteiger partial charge is 0.306 e. The lowest BCUT2D eigenvalue weighted by molar-refractivity contribution is -0.147. The Morgan fingerprint density at radius 3 is 1.80 bits per heavy atom. The van der Waals surface area contributed by atoms with Gasteiger partial charge in [0.2, 0.25) is 5.91 Å². The molecule has 0 unspecified atom stereocenters. The fourth-order valence-corrected chi connectivity index (χ4v) is 3.06. The Morgan fingerprint density at radius 2 is 1.20 bits per heavy atom. The van der Waals surface area contributed by atoms with Crippen LogP contribution in [0.1, 0.15) is 24.8 Å². The number of methoxy groups -OCH3 is 1. The van der Waals surface area contributed by atoms with Crippen molar-refractivity contribution in [1.29, 1.82) is 0 Å². The SMILES string of the molecule is COc1ccc(Oc2ccc(NC(=O)CCCC(=O)OCC(=O)Nc3ccc(C)cc3)cc2)cc1. The Bertz CT molecular complexity index is 1130. The second kappa shape index (κ2) is 12.8. The highest BCUT2D eigenvalue weighted by Gasteiger charge is 2.10. The third kappa shape index (κ3) is 8.85. The Hall–Kier alpha value is -4.33. The number of rotatable bonds is 11. The lowest BCUT2D eigenvalue weighted by Crippen LogP contribution is -2.21. The first-order valence-corrected chi connectivity index (χ1v) is 11.2. The van der Waals surface area contributed by atoms with Gasteiger partial charge in [0.05, 0.1) is 7.11 Å². The third-order valence-electron chi connectivity index (χ3n) is 4.92. The first-order valence-electron chi connectivity index (χ1n) is 11.2. The maximum atomic E-state index is 12.2. The van der Waals surface area contributed by atoms with Crippen LogP contribution < -0.4 is 20.1 Å². The number of nitrogens with one attached hydrogen (secondary N) is 2. The first kappa shape index (κ1) is 25.3. The summed E-state index contributed by atoms with van der Waals surface area (Å²) in [5.74, 6) is 0.867. The predicted molar refractivity (Wildman–Crippen MR) is 133 cm³/mol. The van der Waals surface area contributed by atoms with E-state index in [1.54, 1.807) is 67.8 Å². The molecule has 0 saturated carbocycles. The van der Waals surface area contributed by atoms with E-state index in [0.717, 1.165) is 11.3 Å². The molecule has 182 valence electrons. The van der Waals surface area contributed by atoms with Crippen LogP contribution in [0.4, 0.5) is 11.4 Å². The summed E-state index contributed by atoms with van der Waals surface area (Å²) in [5, 5.41) is 5.43. The number of amides is 2. The Morgan fingerprint density at radius 1 is 0.686 bits per heavy atom. The molecular formula is C27H28N2O6. The topological polar surface area (TPSA) is 103 Å². The summed E-state index contributed by atoms with van der Waals surface area (Å²) in [6.07, 6.45) is 0.498.